The number of methoxy groups -OCH3 is 1. The van der Waals surface area contributed by atoms with Crippen molar-refractivity contribution in [3.8, 4) is 5.75 Å². The molecule has 114 valence electrons. The van der Waals surface area contributed by atoms with Crippen LogP contribution in [0.2, 0.25) is 0 Å². The number of anilines is 1. The van der Waals surface area contributed by atoms with Crippen molar-refractivity contribution in [2.24, 2.45) is 0 Å². The van der Waals surface area contributed by atoms with Crippen LogP contribution in [-0.2, 0) is 10.0 Å². The van der Waals surface area contributed by atoms with Crippen molar-refractivity contribution in [3.05, 3.63) is 18.2 Å². The number of aliphatic hydroxyl groups excluding tert-OH is 1. The van der Waals surface area contributed by atoms with Crippen molar-refractivity contribution in [3.63, 3.8) is 0 Å². The molecule has 0 heterocycles. The highest BCUT2D eigenvalue weighted by Gasteiger charge is 2.30. The molecular weight excluding hydrogens is 280 g/mol. The first-order valence-electron chi connectivity index (χ1n) is 6.36. The molecule has 1 rings (SSSR count). The Morgan fingerprint density at radius 2 is 2.10 bits per heavy atom. The Morgan fingerprint density at radius 3 is 2.60 bits per heavy atom. The molecule has 0 fully saturated rings. The molecule has 0 saturated carbocycles. The summed E-state index contributed by atoms with van der Waals surface area (Å²) in [5.41, 5.74) is 5.27. The summed E-state index contributed by atoms with van der Waals surface area (Å²) in [7, 11) is -2.38. The first-order chi connectivity index (χ1) is 9.28. The summed E-state index contributed by atoms with van der Waals surface area (Å²) in [5, 5.41) is 9.07. The van der Waals surface area contributed by atoms with Gasteiger partial charge in [-0.25, -0.2) is 13.1 Å². The van der Waals surface area contributed by atoms with Gasteiger partial charge in [0.15, 0.2) is 0 Å². The average molecular weight is 302 g/mol. The molecule has 7 heteroatoms. The normalized spacial score (nSPS) is 14.8. The van der Waals surface area contributed by atoms with Crippen molar-refractivity contribution in [1.29, 1.82) is 0 Å². The Kier molecular flexibility index (Phi) is 5.38. The quantitative estimate of drug-likeness (QED) is 0.655. The first kappa shape index (κ1) is 16.7. The fraction of sp³-hybridized carbons (Fsp3) is 0.538. The molecule has 4 N–H and O–H groups in total. The van der Waals surface area contributed by atoms with Gasteiger partial charge >= 0.3 is 0 Å². The minimum Gasteiger partial charge on any atom is -0.495 e. The Bertz CT molecular complexity index is 559. The summed E-state index contributed by atoms with van der Waals surface area (Å²) < 4.78 is 32.7. The van der Waals surface area contributed by atoms with Crippen LogP contribution in [0.25, 0.3) is 0 Å². The van der Waals surface area contributed by atoms with E-state index in [0.717, 1.165) is 0 Å². The van der Waals surface area contributed by atoms with Crippen molar-refractivity contribution < 1.29 is 18.3 Å². The van der Waals surface area contributed by atoms with Crippen LogP contribution in [0.3, 0.4) is 0 Å². The predicted octanol–water partition coefficient (Wildman–Crippen LogP) is 1.11. The molecule has 0 saturated heterocycles. The second-order valence-corrected chi connectivity index (χ2v) is 6.55. The highest BCUT2D eigenvalue weighted by atomic mass is 32.2. The van der Waals surface area contributed by atoms with Crippen LogP contribution in [0.15, 0.2) is 23.1 Å². The van der Waals surface area contributed by atoms with Crippen molar-refractivity contribution in [2.75, 3.05) is 19.5 Å². The zero-order valence-electron chi connectivity index (χ0n) is 12.0. The number of ether oxygens (including phenoxy) is 1. The number of hydrogen-bond acceptors (Lipinski definition) is 5. The Hall–Kier alpha value is -1.31. The summed E-state index contributed by atoms with van der Waals surface area (Å²) in [4.78, 5) is -0.00221. The third-order valence-corrected chi connectivity index (χ3v) is 4.96. The zero-order valence-corrected chi connectivity index (χ0v) is 12.8. The van der Waals surface area contributed by atoms with Gasteiger partial charge in [0, 0.05) is 17.8 Å². The van der Waals surface area contributed by atoms with E-state index in [1.807, 2.05) is 6.92 Å². The molecule has 1 atom stereocenters. The van der Waals surface area contributed by atoms with Crippen LogP contribution in [0, 0.1) is 0 Å². The van der Waals surface area contributed by atoms with Crippen LogP contribution in [-0.4, -0.2) is 32.8 Å². The maximum atomic E-state index is 12.5. The van der Waals surface area contributed by atoms with Gasteiger partial charge in [-0.15, -0.1) is 0 Å². The maximum Gasteiger partial charge on any atom is 0.244 e. The highest BCUT2D eigenvalue weighted by molar-refractivity contribution is 7.89. The lowest BCUT2D eigenvalue weighted by molar-refractivity contribution is 0.233. The van der Waals surface area contributed by atoms with E-state index in [-0.39, 0.29) is 17.3 Å². The van der Waals surface area contributed by atoms with Gasteiger partial charge in [-0.2, -0.15) is 0 Å². The lowest BCUT2D eigenvalue weighted by Gasteiger charge is -2.28. The van der Waals surface area contributed by atoms with Crippen LogP contribution < -0.4 is 15.2 Å². The fourth-order valence-corrected chi connectivity index (χ4v) is 3.54. The van der Waals surface area contributed by atoms with E-state index in [1.54, 1.807) is 13.0 Å². The molecule has 0 bridgehead atoms. The largest absolute Gasteiger partial charge is 0.495 e. The third-order valence-electron chi connectivity index (χ3n) is 3.30. The van der Waals surface area contributed by atoms with E-state index in [4.69, 9.17) is 15.6 Å². The molecular formula is C13H22N2O4S. The monoisotopic (exact) mass is 302 g/mol. The second kappa shape index (κ2) is 6.43. The summed E-state index contributed by atoms with van der Waals surface area (Å²) >= 11 is 0. The van der Waals surface area contributed by atoms with Gasteiger partial charge in [0.2, 0.25) is 10.0 Å². The number of benzene rings is 1. The summed E-state index contributed by atoms with van der Waals surface area (Å²) in [6, 6.07) is 4.44. The van der Waals surface area contributed by atoms with Crippen molar-refractivity contribution in [2.45, 2.75) is 37.1 Å². The number of sulfonamides is 1. The van der Waals surface area contributed by atoms with Crippen LogP contribution in [0.1, 0.15) is 26.7 Å². The minimum atomic E-state index is -3.78. The molecule has 6 nitrogen and oxygen atoms in total. The maximum absolute atomic E-state index is 12.5. The molecule has 0 amide bonds. The van der Waals surface area contributed by atoms with Gasteiger partial charge in [0.25, 0.3) is 0 Å². The van der Waals surface area contributed by atoms with E-state index in [9.17, 15) is 8.42 Å². The topological polar surface area (TPSA) is 102 Å². The van der Waals surface area contributed by atoms with E-state index >= 15 is 0 Å². The number of nitrogen functional groups attached to an aromatic ring is 1. The first-order valence-corrected chi connectivity index (χ1v) is 7.84. The van der Waals surface area contributed by atoms with E-state index < -0.39 is 15.6 Å². The van der Waals surface area contributed by atoms with Crippen LogP contribution >= 0.6 is 0 Å². The minimum absolute atomic E-state index is 0.00221. The van der Waals surface area contributed by atoms with Gasteiger partial charge < -0.3 is 15.6 Å². The molecule has 0 aromatic heterocycles. The number of nitrogens with one attached hydrogen (secondary N) is 1. The third kappa shape index (κ3) is 3.84. The van der Waals surface area contributed by atoms with Gasteiger partial charge in [-0.1, -0.05) is 6.92 Å². The van der Waals surface area contributed by atoms with E-state index in [0.29, 0.717) is 18.5 Å². The molecule has 0 radical (unpaired) electrons. The molecule has 1 aromatic rings. The molecule has 0 aliphatic carbocycles. The van der Waals surface area contributed by atoms with Crippen molar-refractivity contribution >= 4 is 15.7 Å². The number of nitrogens with two attached hydrogens (primary N) is 1. The Morgan fingerprint density at radius 1 is 1.45 bits per heavy atom. The Balaban J connectivity index is 3.20. The van der Waals surface area contributed by atoms with E-state index in [1.165, 1.54) is 19.2 Å². The second-order valence-electron chi connectivity index (χ2n) is 4.90. The van der Waals surface area contributed by atoms with E-state index in [2.05, 4.69) is 4.72 Å². The van der Waals surface area contributed by atoms with Crippen molar-refractivity contribution in [1.82, 2.24) is 4.72 Å². The molecule has 0 spiro atoms. The van der Waals surface area contributed by atoms with Gasteiger partial charge in [0.1, 0.15) is 10.6 Å². The molecule has 0 aliphatic rings. The molecule has 20 heavy (non-hydrogen) atoms. The van der Waals surface area contributed by atoms with Gasteiger partial charge in [-0.05, 0) is 38.0 Å². The highest BCUT2D eigenvalue weighted by Crippen LogP contribution is 2.28. The van der Waals surface area contributed by atoms with Gasteiger partial charge in [0.05, 0.1) is 7.11 Å². The van der Waals surface area contributed by atoms with Gasteiger partial charge in [-0.3, -0.25) is 0 Å². The SMILES string of the molecule is CCC(C)(CCO)NS(=O)(=O)c1cc(N)ccc1OC. The number of hydrogen-bond donors (Lipinski definition) is 3. The summed E-state index contributed by atoms with van der Waals surface area (Å²) in [6.07, 6.45) is 0.880. The number of aliphatic hydroxyl groups is 1. The molecule has 0 aliphatic heterocycles. The lowest BCUT2D eigenvalue weighted by Crippen LogP contribution is -2.46. The fourth-order valence-electron chi connectivity index (χ4n) is 1.83. The summed E-state index contributed by atoms with van der Waals surface area (Å²) in [6.45, 7) is 3.51. The van der Waals surface area contributed by atoms with Crippen LogP contribution in [0.4, 0.5) is 5.69 Å². The lowest BCUT2D eigenvalue weighted by atomic mass is 9.97. The smallest absolute Gasteiger partial charge is 0.244 e. The Labute approximate surface area is 120 Å². The zero-order chi connectivity index (χ0) is 15.4. The standard InChI is InChI=1S/C13H22N2O4S/c1-4-13(2,7-8-16)15-20(17,18)12-9-10(14)5-6-11(12)19-3/h5-6,9,15-16H,4,7-8,14H2,1-3H3. The van der Waals surface area contributed by atoms with Crippen LogP contribution in [0.5, 0.6) is 5.75 Å². The summed E-state index contributed by atoms with van der Waals surface area (Å²) in [5.74, 6) is 0.231. The predicted molar refractivity (Wildman–Crippen MR) is 78.1 cm³/mol. The average Bonchev–Trinajstić information content (AvgIpc) is 2.38. The molecule has 1 aromatic carbocycles. The molecule has 1 unspecified atom stereocenters. The number of rotatable bonds is 7.